The third kappa shape index (κ3) is 3.84. The molecule has 0 radical (unpaired) electrons. The summed E-state index contributed by atoms with van der Waals surface area (Å²) in [5.41, 5.74) is -1.72. The number of hydrogen-bond donors (Lipinski definition) is 1. The Kier molecular flexibility index (Phi) is 3.72. The van der Waals surface area contributed by atoms with Crippen LogP contribution >= 0.6 is 0 Å². The van der Waals surface area contributed by atoms with Gasteiger partial charge in [-0.05, 0) is 34.6 Å². The maximum absolute atomic E-state index is 13.7. The summed E-state index contributed by atoms with van der Waals surface area (Å²) in [5, 5.41) is 9.80. The highest BCUT2D eigenvalue weighted by atomic mass is 19.1. The molecule has 0 unspecified atom stereocenters. The molecule has 5 heteroatoms. The minimum absolute atomic E-state index is 0.0103. The van der Waals surface area contributed by atoms with Crippen LogP contribution < -0.4 is 0 Å². The summed E-state index contributed by atoms with van der Waals surface area (Å²) >= 11 is 0. The maximum atomic E-state index is 13.7. The van der Waals surface area contributed by atoms with Gasteiger partial charge in [0, 0.05) is 12.5 Å². The Morgan fingerprint density at radius 3 is 2.18 bits per heavy atom. The molecule has 0 aliphatic carbocycles. The van der Waals surface area contributed by atoms with E-state index in [1.54, 1.807) is 34.6 Å². The first-order valence-electron chi connectivity index (χ1n) is 5.85. The molecule has 0 spiro atoms. The number of amides is 1. The predicted octanol–water partition coefficient (Wildman–Crippen LogP) is 1.96. The second-order valence-electron chi connectivity index (χ2n) is 6.16. The monoisotopic (exact) mass is 247 g/mol. The van der Waals surface area contributed by atoms with Crippen molar-refractivity contribution < 1.29 is 19.0 Å². The summed E-state index contributed by atoms with van der Waals surface area (Å²) in [6, 6.07) is 0. The molecule has 1 fully saturated rings. The van der Waals surface area contributed by atoms with Crippen LogP contribution in [0.15, 0.2) is 0 Å². The van der Waals surface area contributed by atoms with E-state index >= 15 is 0 Å². The van der Waals surface area contributed by atoms with Crippen LogP contribution in [0.3, 0.4) is 0 Å². The lowest BCUT2D eigenvalue weighted by Crippen LogP contribution is -2.39. The van der Waals surface area contributed by atoms with E-state index in [2.05, 4.69) is 0 Å². The second-order valence-corrected chi connectivity index (χ2v) is 6.16. The Morgan fingerprint density at radius 1 is 1.29 bits per heavy atom. The lowest BCUT2D eigenvalue weighted by Gasteiger charge is -2.27. The number of aliphatic hydroxyl groups is 1. The highest BCUT2D eigenvalue weighted by molar-refractivity contribution is 5.68. The van der Waals surface area contributed by atoms with E-state index in [-0.39, 0.29) is 13.1 Å². The van der Waals surface area contributed by atoms with Crippen molar-refractivity contribution in [3.8, 4) is 0 Å². The fourth-order valence-electron chi connectivity index (χ4n) is 1.91. The Balaban J connectivity index is 2.63. The van der Waals surface area contributed by atoms with Crippen molar-refractivity contribution >= 4 is 6.09 Å². The van der Waals surface area contributed by atoms with Crippen LogP contribution in [0.4, 0.5) is 9.18 Å². The lowest BCUT2D eigenvalue weighted by atomic mass is 9.89. The molecule has 1 rings (SSSR count). The van der Waals surface area contributed by atoms with Gasteiger partial charge in [0.15, 0.2) is 0 Å². The minimum Gasteiger partial charge on any atom is -0.444 e. The van der Waals surface area contributed by atoms with Crippen LogP contribution in [0.25, 0.3) is 0 Å². The zero-order valence-electron chi connectivity index (χ0n) is 11.2. The van der Waals surface area contributed by atoms with Crippen LogP contribution in [-0.2, 0) is 4.74 Å². The van der Waals surface area contributed by atoms with Gasteiger partial charge in [0.2, 0.25) is 0 Å². The second kappa shape index (κ2) is 4.44. The van der Waals surface area contributed by atoms with Gasteiger partial charge in [-0.1, -0.05) is 0 Å². The summed E-state index contributed by atoms with van der Waals surface area (Å²) in [4.78, 5) is 13.1. The highest BCUT2D eigenvalue weighted by Crippen LogP contribution is 2.30. The number of halogens is 1. The molecule has 0 aromatic carbocycles. The number of alkyl halides is 1. The molecule has 1 saturated heterocycles. The van der Waals surface area contributed by atoms with Gasteiger partial charge in [-0.15, -0.1) is 0 Å². The first-order chi connectivity index (χ1) is 7.50. The molecule has 1 heterocycles. The maximum Gasteiger partial charge on any atom is 0.410 e. The molecule has 4 nitrogen and oxygen atoms in total. The molecular formula is C12H22FNO3. The van der Waals surface area contributed by atoms with Crippen LogP contribution in [0.1, 0.15) is 34.6 Å². The van der Waals surface area contributed by atoms with Gasteiger partial charge in [-0.25, -0.2) is 9.18 Å². The molecular weight excluding hydrogens is 225 g/mol. The predicted molar refractivity (Wildman–Crippen MR) is 62.5 cm³/mol. The van der Waals surface area contributed by atoms with E-state index in [1.807, 2.05) is 0 Å². The van der Waals surface area contributed by atoms with E-state index < -0.39 is 29.4 Å². The van der Waals surface area contributed by atoms with Crippen molar-refractivity contribution in [3.63, 3.8) is 0 Å². The SMILES string of the molecule is CC(C)(C)OC(=O)N1C[C@@H](C(C)(C)O)[C@@H](F)C1. The average Bonchev–Trinajstić information content (AvgIpc) is 2.42. The van der Waals surface area contributed by atoms with Crippen molar-refractivity contribution in [1.82, 2.24) is 4.90 Å². The molecule has 1 aliphatic rings. The van der Waals surface area contributed by atoms with Crippen molar-refractivity contribution in [2.24, 2.45) is 5.92 Å². The summed E-state index contributed by atoms with van der Waals surface area (Å²) in [6.45, 7) is 8.60. The van der Waals surface area contributed by atoms with E-state index in [0.717, 1.165) is 0 Å². The molecule has 0 bridgehead atoms. The van der Waals surface area contributed by atoms with Gasteiger partial charge in [0.1, 0.15) is 11.8 Å². The molecule has 100 valence electrons. The van der Waals surface area contributed by atoms with Gasteiger partial charge in [-0.3, -0.25) is 0 Å². The smallest absolute Gasteiger partial charge is 0.410 e. The largest absolute Gasteiger partial charge is 0.444 e. The number of hydrogen-bond acceptors (Lipinski definition) is 3. The molecule has 2 atom stereocenters. The number of nitrogens with zero attached hydrogens (tertiary/aromatic N) is 1. The van der Waals surface area contributed by atoms with Gasteiger partial charge in [0.25, 0.3) is 0 Å². The van der Waals surface area contributed by atoms with Crippen molar-refractivity contribution in [2.45, 2.75) is 52.0 Å². The Bertz CT molecular complexity index is 293. The standard InChI is InChI=1S/C12H22FNO3/c1-11(2,3)17-10(15)14-6-8(9(13)7-14)12(4,5)16/h8-9,16H,6-7H2,1-5H3/t8-,9+/m1/s1. The summed E-state index contributed by atoms with van der Waals surface area (Å²) < 4.78 is 18.9. The van der Waals surface area contributed by atoms with Gasteiger partial charge in [-0.2, -0.15) is 0 Å². The van der Waals surface area contributed by atoms with Crippen LogP contribution in [0.5, 0.6) is 0 Å². The first-order valence-corrected chi connectivity index (χ1v) is 5.85. The lowest BCUT2D eigenvalue weighted by molar-refractivity contribution is -0.00398. The van der Waals surface area contributed by atoms with Crippen molar-refractivity contribution in [3.05, 3.63) is 0 Å². The summed E-state index contributed by atoms with van der Waals surface area (Å²) in [7, 11) is 0. The van der Waals surface area contributed by atoms with Crippen LogP contribution in [0, 0.1) is 5.92 Å². The fourth-order valence-corrected chi connectivity index (χ4v) is 1.91. The number of carbonyl (C=O) groups is 1. The molecule has 0 aromatic heterocycles. The zero-order valence-corrected chi connectivity index (χ0v) is 11.2. The number of ether oxygens (including phenoxy) is 1. The van der Waals surface area contributed by atoms with Gasteiger partial charge >= 0.3 is 6.09 Å². The molecule has 0 saturated carbocycles. The molecule has 1 aliphatic heterocycles. The van der Waals surface area contributed by atoms with Crippen LogP contribution in [0.2, 0.25) is 0 Å². The quantitative estimate of drug-likeness (QED) is 0.770. The molecule has 1 N–H and O–H groups in total. The number of likely N-dealkylation sites (tertiary alicyclic amines) is 1. The number of rotatable bonds is 1. The van der Waals surface area contributed by atoms with Gasteiger partial charge in [0.05, 0.1) is 12.1 Å². The molecule has 17 heavy (non-hydrogen) atoms. The van der Waals surface area contributed by atoms with E-state index in [0.29, 0.717) is 0 Å². The molecule has 1 amide bonds. The van der Waals surface area contributed by atoms with E-state index in [1.165, 1.54) is 4.90 Å². The Hall–Kier alpha value is -0.840. The Morgan fingerprint density at radius 2 is 1.82 bits per heavy atom. The fraction of sp³-hybridized carbons (Fsp3) is 0.917. The van der Waals surface area contributed by atoms with Gasteiger partial charge < -0.3 is 14.7 Å². The minimum atomic E-state index is -1.21. The first kappa shape index (κ1) is 14.2. The van der Waals surface area contributed by atoms with E-state index in [9.17, 15) is 14.3 Å². The van der Waals surface area contributed by atoms with Crippen molar-refractivity contribution in [2.75, 3.05) is 13.1 Å². The van der Waals surface area contributed by atoms with Crippen molar-refractivity contribution in [1.29, 1.82) is 0 Å². The summed E-state index contributed by atoms with van der Waals surface area (Å²) in [6.07, 6.45) is -1.73. The number of carbonyl (C=O) groups excluding carboxylic acids is 1. The summed E-state index contributed by atoms with van der Waals surface area (Å²) in [5.74, 6) is -0.560. The highest BCUT2D eigenvalue weighted by Gasteiger charge is 2.44. The molecule has 0 aromatic rings. The Labute approximate surface area is 102 Å². The topological polar surface area (TPSA) is 49.8 Å². The third-order valence-electron chi connectivity index (χ3n) is 2.81. The van der Waals surface area contributed by atoms with Crippen LogP contribution in [-0.4, -0.2) is 46.6 Å². The normalized spacial score (nSPS) is 26.2. The van der Waals surface area contributed by atoms with E-state index in [4.69, 9.17) is 4.74 Å². The third-order valence-corrected chi connectivity index (χ3v) is 2.81. The zero-order chi connectivity index (χ0) is 13.4. The average molecular weight is 247 g/mol.